The highest BCUT2D eigenvalue weighted by Crippen LogP contribution is 2.21. The number of benzene rings is 1. The van der Waals surface area contributed by atoms with Gasteiger partial charge in [-0.2, -0.15) is 0 Å². The van der Waals surface area contributed by atoms with E-state index in [9.17, 15) is 4.79 Å². The summed E-state index contributed by atoms with van der Waals surface area (Å²) in [6.07, 6.45) is 8.79. The predicted molar refractivity (Wildman–Crippen MR) is 71.3 cm³/mol. The Hall–Kier alpha value is -1.37. The summed E-state index contributed by atoms with van der Waals surface area (Å²) in [4.78, 5) is 12.4. The summed E-state index contributed by atoms with van der Waals surface area (Å²) in [7, 11) is 0. The third kappa shape index (κ3) is 3.06. The van der Waals surface area contributed by atoms with Crippen molar-refractivity contribution < 1.29 is 4.79 Å². The number of hydrogen-bond acceptors (Lipinski definition) is 1. The maximum absolute atomic E-state index is 12.4. The van der Waals surface area contributed by atoms with Crippen LogP contribution in [0.5, 0.6) is 0 Å². The molecule has 1 aromatic carbocycles. The first-order chi connectivity index (χ1) is 8.31. The second-order valence-corrected chi connectivity index (χ2v) is 4.71. The van der Waals surface area contributed by atoms with Crippen molar-refractivity contribution in [3.63, 3.8) is 0 Å². The standard InChI is InChI=1S/C16H20O/c1-2-13-8-7-11-15(12-13)16(17)14-9-5-3-4-6-10-14/h7-9,11-12H,2-6,10H2,1H3. The lowest BCUT2D eigenvalue weighted by Crippen LogP contribution is -2.03. The molecule has 0 unspecified atom stereocenters. The largest absolute Gasteiger partial charge is 0.289 e. The van der Waals surface area contributed by atoms with E-state index in [2.05, 4.69) is 19.1 Å². The Kier molecular flexibility index (Phi) is 4.13. The van der Waals surface area contributed by atoms with E-state index in [-0.39, 0.29) is 5.78 Å². The quantitative estimate of drug-likeness (QED) is 0.704. The van der Waals surface area contributed by atoms with Crippen LogP contribution in [-0.4, -0.2) is 5.78 Å². The molecule has 1 aliphatic rings. The van der Waals surface area contributed by atoms with Crippen molar-refractivity contribution >= 4 is 5.78 Å². The number of Topliss-reactive ketones (excluding diaryl/α,β-unsaturated/α-hetero) is 1. The van der Waals surface area contributed by atoms with Crippen LogP contribution < -0.4 is 0 Å². The van der Waals surface area contributed by atoms with Gasteiger partial charge in [-0.3, -0.25) is 4.79 Å². The molecule has 2 rings (SSSR count). The number of allylic oxidation sites excluding steroid dienone is 2. The molecule has 90 valence electrons. The first-order valence-electron chi connectivity index (χ1n) is 6.64. The van der Waals surface area contributed by atoms with E-state index in [0.717, 1.165) is 36.8 Å². The average Bonchev–Trinajstić information content (AvgIpc) is 2.67. The summed E-state index contributed by atoms with van der Waals surface area (Å²) >= 11 is 0. The van der Waals surface area contributed by atoms with Crippen LogP contribution >= 0.6 is 0 Å². The molecule has 1 heteroatoms. The molecule has 0 saturated heterocycles. The molecular weight excluding hydrogens is 208 g/mol. The number of carbonyl (C=O) groups excluding carboxylic acids is 1. The topological polar surface area (TPSA) is 17.1 Å². The molecule has 0 heterocycles. The third-order valence-electron chi connectivity index (χ3n) is 3.43. The Morgan fingerprint density at radius 1 is 1.24 bits per heavy atom. The lowest BCUT2D eigenvalue weighted by atomic mass is 9.98. The molecule has 1 aromatic rings. The maximum Gasteiger partial charge on any atom is 0.188 e. The van der Waals surface area contributed by atoms with Crippen molar-refractivity contribution in [3.8, 4) is 0 Å². The highest BCUT2D eigenvalue weighted by Gasteiger charge is 2.13. The van der Waals surface area contributed by atoms with Crippen LogP contribution in [0.3, 0.4) is 0 Å². The van der Waals surface area contributed by atoms with Crippen molar-refractivity contribution in [2.24, 2.45) is 0 Å². The first-order valence-corrected chi connectivity index (χ1v) is 6.64. The molecule has 0 fully saturated rings. The average molecular weight is 228 g/mol. The highest BCUT2D eigenvalue weighted by atomic mass is 16.1. The molecule has 0 N–H and O–H groups in total. The van der Waals surface area contributed by atoms with Crippen molar-refractivity contribution in [1.29, 1.82) is 0 Å². The van der Waals surface area contributed by atoms with Crippen molar-refractivity contribution in [2.75, 3.05) is 0 Å². The number of hydrogen-bond donors (Lipinski definition) is 0. The van der Waals surface area contributed by atoms with E-state index < -0.39 is 0 Å². The summed E-state index contributed by atoms with van der Waals surface area (Å²) in [5, 5.41) is 0. The highest BCUT2D eigenvalue weighted by molar-refractivity contribution is 6.08. The zero-order valence-electron chi connectivity index (χ0n) is 10.5. The van der Waals surface area contributed by atoms with Gasteiger partial charge in [0.25, 0.3) is 0 Å². The summed E-state index contributed by atoms with van der Waals surface area (Å²) in [6, 6.07) is 8.04. The molecule has 0 aromatic heterocycles. The van der Waals surface area contributed by atoms with Gasteiger partial charge in [-0.15, -0.1) is 0 Å². The molecule has 0 saturated carbocycles. The molecule has 0 spiro atoms. The van der Waals surface area contributed by atoms with E-state index in [1.165, 1.54) is 18.4 Å². The number of rotatable bonds is 3. The van der Waals surface area contributed by atoms with Crippen molar-refractivity contribution in [2.45, 2.75) is 45.4 Å². The minimum absolute atomic E-state index is 0.238. The van der Waals surface area contributed by atoms with E-state index >= 15 is 0 Å². The molecule has 0 aliphatic heterocycles. The van der Waals surface area contributed by atoms with Gasteiger partial charge < -0.3 is 0 Å². The molecule has 1 aliphatic carbocycles. The SMILES string of the molecule is CCc1cccc(C(=O)C2=CCCCCC2)c1. The number of ketones is 1. The molecule has 1 nitrogen and oxygen atoms in total. The van der Waals surface area contributed by atoms with Crippen LogP contribution in [0.15, 0.2) is 35.9 Å². The summed E-state index contributed by atoms with van der Waals surface area (Å²) in [5.41, 5.74) is 3.12. The van der Waals surface area contributed by atoms with Crippen LogP contribution in [0, 0.1) is 0 Å². The Labute approximate surface area is 104 Å². The molecule has 0 radical (unpaired) electrons. The second kappa shape index (κ2) is 5.81. The van der Waals surface area contributed by atoms with Gasteiger partial charge in [0.15, 0.2) is 5.78 Å². The third-order valence-corrected chi connectivity index (χ3v) is 3.43. The maximum atomic E-state index is 12.4. The summed E-state index contributed by atoms with van der Waals surface area (Å²) < 4.78 is 0. The second-order valence-electron chi connectivity index (χ2n) is 4.71. The van der Waals surface area contributed by atoms with Crippen molar-refractivity contribution in [1.82, 2.24) is 0 Å². The summed E-state index contributed by atoms with van der Waals surface area (Å²) in [5.74, 6) is 0.238. The van der Waals surface area contributed by atoms with Crippen LogP contribution in [0.4, 0.5) is 0 Å². The number of carbonyl (C=O) groups is 1. The van der Waals surface area contributed by atoms with Crippen LogP contribution in [0.2, 0.25) is 0 Å². The van der Waals surface area contributed by atoms with Gasteiger partial charge >= 0.3 is 0 Å². The van der Waals surface area contributed by atoms with E-state index in [4.69, 9.17) is 0 Å². The van der Waals surface area contributed by atoms with Gasteiger partial charge in [-0.05, 0) is 49.3 Å². The fraction of sp³-hybridized carbons (Fsp3) is 0.438. The zero-order valence-corrected chi connectivity index (χ0v) is 10.5. The minimum Gasteiger partial charge on any atom is -0.289 e. The van der Waals surface area contributed by atoms with Gasteiger partial charge in [-0.25, -0.2) is 0 Å². The Morgan fingerprint density at radius 3 is 2.94 bits per heavy atom. The molecule has 0 bridgehead atoms. The van der Waals surface area contributed by atoms with Gasteiger partial charge in [0.1, 0.15) is 0 Å². The zero-order chi connectivity index (χ0) is 12.1. The molecule has 0 atom stereocenters. The van der Waals surface area contributed by atoms with E-state index in [1.807, 2.05) is 18.2 Å². The van der Waals surface area contributed by atoms with Crippen LogP contribution in [0.25, 0.3) is 0 Å². The molecular formula is C16H20O. The van der Waals surface area contributed by atoms with Crippen molar-refractivity contribution in [3.05, 3.63) is 47.0 Å². The molecule has 17 heavy (non-hydrogen) atoms. The van der Waals surface area contributed by atoms with Gasteiger partial charge in [0.05, 0.1) is 0 Å². The Bertz CT molecular complexity index is 429. The minimum atomic E-state index is 0.238. The van der Waals surface area contributed by atoms with Crippen LogP contribution in [0.1, 0.15) is 54.9 Å². The monoisotopic (exact) mass is 228 g/mol. The Morgan fingerprint density at radius 2 is 2.12 bits per heavy atom. The summed E-state index contributed by atoms with van der Waals surface area (Å²) in [6.45, 7) is 2.12. The predicted octanol–water partition coefficient (Wildman–Crippen LogP) is 4.32. The van der Waals surface area contributed by atoms with E-state index in [0.29, 0.717) is 0 Å². The normalized spacial score (nSPS) is 16.2. The smallest absolute Gasteiger partial charge is 0.188 e. The van der Waals surface area contributed by atoms with Crippen LogP contribution in [-0.2, 0) is 6.42 Å². The fourth-order valence-electron chi connectivity index (χ4n) is 2.34. The Balaban J connectivity index is 2.20. The molecule has 0 amide bonds. The van der Waals surface area contributed by atoms with Gasteiger partial charge in [0.2, 0.25) is 0 Å². The van der Waals surface area contributed by atoms with Gasteiger partial charge in [-0.1, -0.05) is 37.6 Å². The lowest BCUT2D eigenvalue weighted by Gasteiger charge is -2.06. The van der Waals surface area contributed by atoms with Gasteiger partial charge in [0, 0.05) is 5.56 Å². The first kappa shape index (κ1) is 12.1. The lowest BCUT2D eigenvalue weighted by molar-refractivity contribution is 0.103. The van der Waals surface area contributed by atoms with E-state index in [1.54, 1.807) is 0 Å². The fourth-order valence-corrected chi connectivity index (χ4v) is 2.34. The number of aryl methyl sites for hydroxylation is 1.